The van der Waals surface area contributed by atoms with E-state index >= 15 is 0 Å². The summed E-state index contributed by atoms with van der Waals surface area (Å²) >= 11 is 3.21. The summed E-state index contributed by atoms with van der Waals surface area (Å²) in [5.74, 6) is 0.704. The zero-order valence-corrected chi connectivity index (χ0v) is 10.7. The molecule has 3 nitrogen and oxygen atoms in total. The normalized spacial score (nSPS) is 10.8. The van der Waals surface area contributed by atoms with Crippen molar-refractivity contribution in [3.05, 3.63) is 40.6 Å². The third-order valence-corrected chi connectivity index (χ3v) is 2.84. The zero-order valence-electron chi connectivity index (χ0n) is 9.12. The Hall–Kier alpha value is -1.20. The van der Waals surface area contributed by atoms with Crippen LogP contribution in [0.15, 0.2) is 33.3 Å². The predicted octanol–water partition coefficient (Wildman–Crippen LogP) is 3.13. The van der Waals surface area contributed by atoms with E-state index in [1.54, 1.807) is 12.1 Å². The lowest BCUT2D eigenvalue weighted by molar-refractivity contribution is 0.496. The van der Waals surface area contributed by atoms with Crippen molar-refractivity contribution < 1.29 is 8.81 Å². The molecular weight excluding hydrogens is 287 g/mol. The van der Waals surface area contributed by atoms with E-state index in [2.05, 4.69) is 20.9 Å². The number of nitrogens with zero attached hydrogens (tertiary/aromatic N) is 1. The SMILES string of the molecule is NCCCc1ncc(-c2ccc(Br)cc2F)o1. The quantitative estimate of drug-likeness (QED) is 0.943. The molecule has 0 unspecified atom stereocenters. The predicted molar refractivity (Wildman–Crippen MR) is 67.0 cm³/mol. The van der Waals surface area contributed by atoms with E-state index in [1.165, 1.54) is 12.3 Å². The number of oxazole rings is 1. The van der Waals surface area contributed by atoms with Crippen molar-refractivity contribution >= 4 is 15.9 Å². The molecule has 2 N–H and O–H groups in total. The van der Waals surface area contributed by atoms with E-state index < -0.39 is 0 Å². The minimum Gasteiger partial charge on any atom is -0.441 e. The Morgan fingerprint density at radius 1 is 1.41 bits per heavy atom. The Bertz CT molecular complexity index is 513. The van der Waals surface area contributed by atoms with Crippen LogP contribution in [0.1, 0.15) is 12.3 Å². The molecule has 0 radical (unpaired) electrons. The third kappa shape index (κ3) is 2.92. The number of hydrogen-bond donors (Lipinski definition) is 1. The smallest absolute Gasteiger partial charge is 0.194 e. The van der Waals surface area contributed by atoms with E-state index in [1.807, 2.05) is 0 Å². The average molecular weight is 299 g/mol. The number of aromatic nitrogens is 1. The topological polar surface area (TPSA) is 52.0 Å². The van der Waals surface area contributed by atoms with Crippen molar-refractivity contribution in [1.29, 1.82) is 0 Å². The number of hydrogen-bond acceptors (Lipinski definition) is 3. The van der Waals surface area contributed by atoms with E-state index in [9.17, 15) is 4.39 Å². The van der Waals surface area contributed by atoms with Gasteiger partial charge in [-0.1, -0.05) is 15.9 Å². The summed E-state index contributed by atoms with van der Waals surface area (Å²) in [7, 11) is 0. The molecular formula is C12H12BrFN2O. The molecule has 0 saturated carbocycles. The highest BCUT2D eigenvalue weighted by Crippen LogP contribution is 2.26. The van der Waals surface area contributed by atoms with Gasteiger partial charge in [-0.3, -0.25) is 0 Å². The summed E-state index contributed by atoms with van der Waals surface area (Å²) in [5.41, 5.74) is 5.82. The Morgan fingerprint density at radius 3 is 2.94 bits per heavy atom. The van der Waals surface area contributed by atoms with Crippen molar-refractivity contribution in [2.75, 3.05) is 6.54 Å². The summed E-state index contributed by atoms with van der Waals surface area (Å²) in [6.07, 6.45) is 3.02. The van der Waals surface area contributed by atoms with Gasteiger partial charge in [0, 0.05) is 10.9 Å². The maximum atomic E-state index is 13.7. The molecule has 0 atom stereocenters. The fourth-order valence-corrected chi connectivity index (χ4v) is 1.83. The molecule has 2 aromatic rings. The Kier molecular flexibility index (Phi) is 3.91. The van der Waals surface area contributed by atoms with Gasteiger partial charge in [-0.15, -0.1) is 0 Å². The molecule has 90 valence electrons. The van der Waals surface area contributed by atoms with Crippen LogP contribution < -0.4 is 5.73 Å². The first-order valence-corrected chi connectivity index (χ1v) is 6.10. The van der Waals surface area contributed by atoms with Crippen LogP contribution in [0.4, 0.5) is 4.39 Å². The van der Waals surface area contributed by atoms with Crippen molar-refractivity contribution in [2.45, 2.75) is 12.8 Å². The molecule has 0 amide bonds. The lowest BCUT2D eigenvalue weighted by atomic mass is 10.2. The molecule has 0 fully saturated rings. The van der Waals surface area contributed by atoms with Crippen LogP contribution in [0.5, 0.6) is 0 Å². The highest BCUT2D eigenvalue weighted by atomic mass is 79.9. The molecule has 2 rings (SSSR count). The number of benzene rings is 1. The molecule has 5 heteroatoms. The van der Waals surface area contributed by atoms with Crippen LogP contribution >= 0.6 is 15.9 Å². The fraction of sp³-hybridized carbons (Fsp3) is 0.250. The zero-order chi connectivity index (χ0) is 12.3. The van der Waals surface area contributed by atoms with Crippen LogP contribution in [-0.2, 0) is 6.42 Å². The van der Waals surface area contributed by atoms with Crippen molar-refractivity contribution in [3.63, 3.8) is 0 Å². The van der Waals surface area contributed by atoms with Crippen LogP contribution in [0.2, 0.25) is 0 Å². The monoisotopic (exact) mass is 298 g/mol. The third-order valence-electron chi connectivity index (χ3n) is 2.34. The standard InChI is InChI=1S/C12H12BrFN2O/c13-8-3-4-9(10(14)6-8)11-7-16-12(17-11)2-1-5-15/h3-4,6-7H,1-2,5,15H2. The Morgan fingerprint density at radius 2 is 2.24 bits per heavy atom. The molecule has 17 heavy (non-hydrogen) atoms. The fourth-order valence-electron chi connectivity index (χ4n) is 1.49. The van der Waals surface area contributed by atoms with Crippen molar-refractivity contribution in [2.24, 2.45) is 5.73 Å². The van der Waals surface area contributed by atoms with Crippen LogP contribution in [-0.4, -0.2) is 11.5 Å². The largest absolute Gasteiger partial charge is 0.441 e. The molecule has 1 aromatic carbocycles. The summed E-state index contributed by atoms with van der Waals surface area (Å²) in [5, 5.41) is 0. The lowest BCUT2D eigenvalue weighted by Crippen LogP contribution is -2.00. The molecule has 0 aliphatic rings. The van der Waals surface area contributed by atoms with Crippen LogP contribution in [0.25, 0.3) is 11.3 Å². The van der Waals surface area contributed by atoms with Crippen LogP contribution in [0, 0.1) is 5.82 Å². The first-order chi connectivity index (χ1) is 8.20. The van der Waals surface area contributed by atoms with Gasteiger partial charge in [-0.25, -0.2) is 9.37 Å². The van der Waals surface area contributed by atoms with E-state index in [0.29, 0.717) is 34.7 Å². The van der Waals surface area contributed by atoms with Gasteiger partial charge in [-0.05, 0) is 31.2 Å². The van der Waals surface area contributed by atoms with Gasteiger partial charge in [-0.2, -0.15) is 0 Å². The van der Waals surface area contributed by atoms with Gasteiger partial charge in [0.15, 0.2) is 11.7 Å². The van der Waals surface area contributed by atoms with Gasteiger partial charge in [0.1, 0.15) is 5.82 Å². The van der Waals surface area contributed by atoms with E-state index in [4.69, 9.17) is 10.2 Å². The molecule has 0 saturated heterocycles. The second-order valence-corrected chi connectivity index (χ2v) is 4.55. The highest BCUT2D eigenvalue weighted by molar-refractivity contribution is 9.10. The number of aryl methyl sites for hydroxylation is 1. The van der Waals surface area contributed by atoms with Gasteiger partial charge in [0.25, 0.3) is 0 Å². The second-order valence-electron chi connectivity index (χ2n) is 3.63. The maximum Gasteiger partial charge on any atom is 0.194 e. The van der Waals surface area contributed by atoms with Gasteiger partial charge < -0.3 is 10.2 Å². The first-order valence-electron chi connectivity index (χ1n) is 5.31. The minimum atomic E-state index is -0.333. The van der Waals surface area contributed by atoms with Crippen molar-refractivity contribution in [1.82, 2.24) is 4.98 Å². The lowest BCUT2D eigenvalue weighted by Gasteiger charge is -1.99. The Labute approximate surface area is 107 Å². The average Bonchev–Trinajstić information content (AvgIpc) is 2.75. The van der Waals surface area contributed by atoms with E-state index in [0.717, 1.165) is 6.42 Å². The molecule has 0 spiro atoms. The summed E-state index contributed by atoms with van der Waals surface area (Å²) in [6, 6.07) is 4.82. The maximum absolute atomic E-state index is 13.7. The van der Waals surface area contributed by atoms with E-state index in [-0.39, 0.29) is 5.82 Å². The van der Waals surface area contributed by atoms with Crippen LogP contribution in [0.3, 0.4) is 0 Å². The Balaban J connectivity index is 2.24. The van der Waals surface area contributed by atoms with Gasteiger partial charge >= 0.3 is 0 Å². The molecule has 0 aliphatic carbocycles. The summed E-state index contributed by atoms with van der Waals surface area (Å²) < 4.78 is 19.8. The number of halogens is 2. The van der Waals surface area contributed by atoms with Crippen molar-refractivity contribution in [3.8, 4) is 11.3 Å². The number of nitrogens with two attached hydrogens (primary N) is 1. The number of rotatable bonds is 4. The molecule has 1 heterocycles. The molecule has 1 aromatic heterocycles. The highest BCUT2D eigenvalue weighted by Gasteiger charge is 2.10. The molecule has 0 aliphatic heterocycles. The van der Waals surface area contributed by atoms with Gasteiger partial charge in [0.05, 0.1) is 11.8 Å². The summed E-state index contributed by atoms with van der Waals surface area (Å²) in [4.78, 5) is 4.09. The minimum absolute atomic E-state index is 0.333. The molecule has 0 bridgehead atoms. The first kappa shape index (κ1) is 12.3. The van der Waals surface area contributed by atoms with Gasteiger partial charge in [0.2, 0.25) is 0 Å². The summed E-state index contributed by atoms with van der Waals surface area (Å²) in [6.45, 7) is 0.588. The second kappa shape index (κ2) is 5.42.